The van der Waals surface area contributed by atoms with E-state index in [0.717, 1.165) is 24.2 Å². The molecular weight excluding hydrogens is 138 g/mol. The third-order valence-corrected chi connectivity index (χ3v) is 1.94. The molecular formula is C9H15NO. The van der Waals surface area contributed by atoms with Crippen LogP contribution >= 0.6 is 0 Å². The van der Waals surface area contributed by atoms with Crippen LogP contribution in [0.3, 0.4) is 0 Å². The molecule has 0 fully saturated rings. The van der Waals surface area contributed by atoms with Gasteiger partial charge in [-0.15, -0.1) is 0 Å². The van der Waals surface area contributed by atoms with Gasteiger partial charge in [0.05, 0.1) is 6.26 Å². The van der Waals surface area contributed by atoms with E-state index in [1.165, 1.54) is 0 Å². The molecule has 1 rings (SSSR count). The summed E-state index contributed by atoms with van der Waals surface area (Å²) in [6, 6.07) is 2.11. The molecule has 0 aliphatic carbocycles. The number of aryl methyl sites for hydroxylation is 1. The molecule has 0 aliphatic rings. The largest absolute Gasteiger partial charge is 0.469 e. The first kappa shape index (κ1) is 8.34. The summed E-state index contributed by atoms with van der Waals surface area (Å²) in [6.07, 6.45) is 3.60. The number of nitrogens with two attached hydrogens (primary N) is 1. The SMILES string of the molecule is CCc1occc1[C@@H](N)CC. The normalized spacial score (nSPS) is 13.4. The zero-order valence-corrected chi connectivity index (χ0v) is 7.13. The summed E-state index contributed by atoms with van der Waals surface area (Å²) in [6.45, 7) is 4.15. The van der Waals surface area contributed by atoms with Gasteiger partial charge in [-0.05, 0) is 12.5 Å². The van der Waals surface area contributed by atoms with Crippen molar-refractivity contribution in [2.75, 3.05) is 0 Å². The van der Waals surface area contributed by atoms with Crippen LogP contribution < -0.4 is 5.73 Å². The maximum Gasteiger partial charge on any atom is 0.108 e. The van der Waals surface area contributed by atoms with Gasteiger partial charge in [0.2, 0.25) is 0 Å². The van der Waals surface area contributed by atoms with Crippen LogP contribution in [0, 0.1) is 0 Å². The smallest absolute Gasteiger partial charge is 0.108 e. The summed E-state index contributed by atoms with van der Waals surface area (Å²) in [5.41, 5.74) is 7.02. The summed E-state index contributed by atoms with van der Waals surface area (Å²) in [5.74, 6) is 1.03. The Bertz CT molecular complexity index is 217. The Kier molecular flexibility index (Phi) is 2.71. The van der Waals surface area contributed by atoms with Crippen molar-refractivity contribution in [2.24, 2.45) is 5.73 Å². The molecule has 0 bridgehead atoms. The lowest BCUT2D eigenvalue weighted by Crippen LogP contribution is -2.09. The van der Waals surface area contributed by atoms with E-state index in [1.807, 2.05) is 6.07 Å². The number of furan rings is 1. The second-order valence-corrected chi connectivity index (χ2v) is 2.67. The van der Waals surface area contributed by atoms with Gasteiger partial charge in [-0.2, -0.15) is 0 Å². The second kappa shape index (κ2) is 3.58. The predicted molar refractivity (Wildman–Crippen MR) is 45.3 cm³/mol. The molecule has 62 valence electrons. The molecule has 0 spiro atoms. The van der Waals surface area contributed by atoms with Crippen LogP contribution in [-0.4, -0.2) is 0 Å². The minimum absolute atomic E-state index is 0.142. The first-order chi connectivity index (χ1) is 5.29. The molecule has 0 saturated carbocycles. The van der Waals surface area contributed by atoms with E-state index in [1.54, 1.807) is 6.26 Å². The summed E-state index contributed by atoms with van der Waals surface area (Å²) in [4.78, 5) is 0. The van der Waals surface area contributed by atoms with Crippen molar-refractivity contribution in [3.63, 3.8) is 0 Å². The van der Waals surface area contributed by atoms with Crippen molar-refractivity contribution < 1.29 is 4.42 Å². The van der Waals surface area contributed by atoms with Gasteiger partial charge in [-0.25, -0.2) is 0 Å². The van der Waals surface area contributed by atoms with Gasteiger partial charge in [-0.1, -0.05) is 13.8 Å². The standard InChI is InChI=1S/C9H15NO/c1-3-8(10)7-5-6-11-9(7)4-2/h5-6,8H,3-4,10H2,1-2H3/t8-/m0/s1. The minimum Gasteiger partial charge on any atom is -0.469 e. The fraction of sp³-hybridized carbons (Fsp3) is 0.556. The van der Waals surface area contributed by atoms with Crippen molar-refractivity contribution in [1.82, 2.24) is 0 Å². The molecule has 0 aromatic carbocycles. The fourth-order valence-electron chi connectivity index (χ4n) is 1.19. The lowest BCUT2D eigenvalue weighted by atomic mass is 10.1. The summed E-state index contributed by atoms with van der Waals surface area (Å²) in [5, 5.41) is 0. The number of rotatable bonds is 3. The Morgan fingerprint density at radius 1 is 1.55 bits per heavy atom. The second-order valence-electron chi connectivity index (χ2n) is 2.67. The summed E-state index contributed by atoms with van der Waals surface area (Å²) in [7, 11) is 0. The Labute approximate surface area is 67.4 Å². The van der Waals surface area contributed by atoms with E-state index in [9.17, 15) is 0 Å². The Hall–Kier alpha value is -0.760. The molecule has 2 N–H and O–H groups in total. The molecule has 1 atom stereocenters. The highest BCUT2D eigenvalue weighted by Crippen LogP contribution is 2.19. The monoisotopic (exact) mass is 153 g/mol. The maximum absolute atomic E-state index is 5.86. The van der Waals surface area contributed by atoms with E-state index in [-0.39, 0.29) is 6.04 Å². The van der Waals surface area contributed by atoms with E-state index >= 15 is 0 Å². The van der Waals surface area contributed by atoms with Gasteiger partial charge in [0, 0.05) is 18.0 Å². The van der Waals surface area contributed by atoms with Gasteiger partial charge in [0.15, 0.2) is 0 Å². The van der Waals surface area contributed by atoms with Gasteiger partial charge in [0.25, 0.3) is 0 Å². The third-order valence-electron chi connectivity index (χ3n) is 1.94. The zero-order valence-electron chi connectivity index (χ0n) is 7.13. The molecule has 0 unspecified atom stereocenters. The van der Waals surface area contributed by atoms with Crippen LogP contribution in [0.5, 0.6) is 0 Å². The van der Waals surface area contributed by atoms with Crippen molar-refractivity contribution >= 4 is 0 Å². The highest BCUT2D eigenvalue weighted by molar-refractivity contribution is 5.20. The van der Waals surface area contributed by atoms with Crippen LogP contribution in [0.1, 0.15) is 37.6 Å². The summed E-state index contributed by atoms with van der Waals surface area (Å²) < 4.78 is 5.26. The average molecular weight is 153 g/mol. The highest BCUT2D eigenvalue weighted by atomic mass is 16.3. The van der Waals surface area contributed by atoms with Crippen molar-refractivity contribution in [2.45, 2.75) is 32.7 Å². The number of hydrogen-bond donors (Lipinski definition) is 1. The van der Waals surface area contributed by atoms with E-state index in [0.29, 0.717) is 0 Å². The van der Waals surface area contributed by atoms with E-state index in [2.05, 4.69) is 13.8 Å². The Morgan fingerprint density at radius 2 is 2.27 bits per heavy atom. The molecule has 2 heteroatoms. The fourth-order valence-corrected chi connectivity index (χ4v) is 1.19. The van der Waals surface area contributed by atoms with Gasteiger partial charge in [0.1, 0.15) is 5.76 Å². The molecule has 1 aromatic rings. The highest BCUT2D eigenvalue weighted by Gasteiger charge is 2.09. The zero-order chi connectivity index (χ0) is 8.27. The molecule has 0 amide bonds. The molecule has 1 heterocycles. The van der Waals surface area contributed by atoms with Crippen LogP contribution in [0.2, 0.25) is 0 Å². The maximum atomic E-state index is 5.86. The van der Waals surface area contributed by atoms with Crippen LogP contribution in [0.15, 0.2) is 16.7 Å². The van der Waals surface area contributed by atoms with E-state index < -0.39 is 0 Å². The predicted octanol–water partition coefficient (Wildman–Crippen LogP) is 2.25. The first-order valence-electron chi connectivity index (χ1n) is 4.11. The van der Waals surface area contributed by atoms with Crippen molar-refractivity contribution in [3.8, 4) is 0 Å². The first-order valence-corrected chi connectivity index (χ1v) is 4.11. The lowest BCUT2D eigenvalue weighted by Gasteiger charge is -2.06. The van der Waals surface area contributed by atoms with Gasteiger partial charge < -0.3 is 10.2 Å². The minimum atomic E-state index is 0.142. The van der Waals surface area contributed by atoms with Gasteiger partial charge in [-0.3, -0.25) is 0 Å². The van der Waals surface area contributed by atoms with Gasteiger partial charge >= 0.3 is 0 Å². The van der Waals surface area contributed by atoms with E-state index in [4.69, 9.17) is 10.2 Å². The van der Waals surface area contributed by atoms with Crippen molar-refractivity contribution in [1.29, 1.82) is 0 Å². The molecule has 1 aromatic heterocycles. The Balaban J connectivity index is 2.83. The molecule has 11 heavy (non-hydrogen) atoms. The molecule has 0 saturated heterocycles. The van der Waals surface area contributed by atoms with Crippen molar-refractivity contribution in [3.05, 3.63) is 23.7 Å². The quantitative estimate of drug-likeness (QED) is 0.723. The third kappa shape index (κ3) is 1.63. The number of hydrogen-bond acceptors (Lipinski definition) is 2. The topological polar surface area (TPSA) is 39.2 Å². The lowest BCUT2D eigenvalue weighted by molar-refractivity contribution is 0.504. The van der Waals surface area contributed by atoms with Crippen LogP contribution in [0.25, 0.3) is 0 Å². The molecule has 2 nitrogen and oxygen atoms in total. The van der Waals surface area contributed by atoms with Crippen LogP contribution in [0.4, 0.5) is 0 Å². The average Bonchev–Trinajstić information content (AvgIpc) is 2.50. The molecule has 0 aliphatic heterocycles. The molecule has 0 radical (unpaired) electrons. The van der Waals surface area contributed by atoms with Crippen LogP contribution in [-0.2, 0) is 6.42 Å². The Morgan fingerprint density at radius 3 is 2.82 bits per heavy atom. The summed E-state index contributed by atoms with van der Waals surface area (Å²) >= 11 is 0.